The number of alkyl halides is 3. The molecule has 2 unspecified atom stereocenters. The van der Waals surface area contributed by atoms with Crippen molar-refractivity contribution in [2.45, 2.75) is 63.2 Å². The van der Waals surface area contributed by atoms with Crippen LogP contribution in [-0.4, -0.2) is 21.7 Å². The van der Waals surface area contributed by atoms with Crippen LogP contribution in [0.4, 0.5) is 19.0 Å². The van der Waals surface area contributed by atoms with Gasteiger partial charge in [-0.15, -0.1) is 0 Å². The molecular weight excluding hydrogens is 507 g/mol. The van der Waals surface area contributed by atoms with Crippen LogP contribution in [0.15, 0.2) is 65.3 Å². The normalized spacial score (nSPS) is 18.3. The summed E-state index contributed by atoms with van der Waals surface area (Å²) in [5.41, 5.74) is 1.58. The SMILES string of the molecule is CCC(CC)(CC(=O)c1cnn2c1NC(c1ccccc1)CC2C(F)(F)F)c1ccc(Br)cc1. The van der Waals surface area contributed by atoms with E-state index in [9.17, 15) is 18.0 Å². The third kappa shape index (κ3) is 4.65. The number of aromatic nitrogens is 2. The summed E-state index contributed by atoms with van der Waals surface area (Å²) in [5.74, 6) is -0.0701. The van der Waals surface area contributed by atoms with Crippen LogP contribution in [0.25, 0.3) is 0 Å². The average molecular weight is 534 g/mol. The minimum atomic E-state index is -4.48. The first-order chi connectivity index (χ1) is 16.2. The van der Waals surface area contributed by atoms with Crippen molar-refractivity contribution in [2.75, 3.05) is 5.32 Å². The van der Waals surface area contributed by atoms with Crippen molar-refractivity contribution < 1.29 is 18.0 Å². The maximum Gasteiger partial charge on any atom is 0.410 e. The van der Waals surface area contributed by atoms with E-state index in [1.165, 1.54) is 6.20 Å². The van der Waals surface area contributed by atoms with Crippen molar-refractivity contribution >= 4 is 27.5 Å². The van der Waals surface area contributed by atoms with Crippen LogP contribution in [-0.2, 0) is 5.41 Å². The molecule has 180 valence electrons. The van der Waals surface area contributed by atoms with E-state index in [0.717, 1.165) is 33.1 Å². The molecule has 2 aromatic carbocycles. The van der Waals surface area contributed by atoms with E-state index in [2.05, 4.69) is 26.3 Å². The second-order valence-corrected chi connectivity index (χ2v) is 9.76. The molecule has 34 heavy (non-hydrogen) atoms. The fraction of sp³-hybridized carbons (Fsp3) is 0.385. The second kappa shape index (κ2) is 9.56. The molecule has 2 heterocycles. The highest BCUT2D eigenvalue weighted by atomic mass is 79.9. The van der Waals surface area contributed by atoms with Gasteiger partial charge in [-0.05, 0) is 36.1 Å². The molecule has 1 aliphatic heterocycles. The van der Waals surface area contributed by atoms with E-state index in [1.54, 1.807) is 24.3 Å². The highest BCUT2D eigenvalue weighted by Crippen LogP contribution is 2.45. The minimum absolute atomic E-state index is 0.143. The fourth-order valence-corrected chi connectivity index (χ4v) is 5.15. The van der Waals surface area contributed by atoms with Gasteiger partial charge in [0.2, 0.25) is 0 Å². The number of ketones is 1. The van der Waals surface area contributed by atoms with E-state index in [4.69, 9.17) is 0 Å². The molecular formula is C26H27BrF3N3O. The highest BCUT2D eigenvalue weighted by Gasteiger charge is 2.47. The van der Waals surface area contributed by atoms with E-state index >= 15 is 0 Å². The Hall–Kier alpha value is -2.61. The zero-order valence-corrected chi connectivity index (χ0v) is 20.7. The third-order valence-corrected chi connectivity index (χ3v) is 7.58. The quantitative estimate of drug-likeness (QED) is 0.317. The van der Waals surface area contributed by atoms with Gasteiger partial charge in [0.25, 0.3) is 0 Å². The van der Waals surface area contributed by atoms with Gasteiger partial charge in [0.15, 0.2) is 11.8 Å². The van der Waals surface area contributed by atoms with Crippen molar-refractivity contribution in [3.05, 3.63) is 82.0 Å². The Balaban J connectivity index is 1.70. The average Bonchev–Trinajstić information content (AvgIpc) is 3.26. The summed E-state index contributed by atoms with van der Waals surface area (Å²) in [6, 6.07) is 14.5. The van der Waals surface area contributed by atoms with Gasteiger partial charge in [0.1, 0.15) is 5.82 Å². The first-order valence-corrected chi connectivity index (χ1v) is 12.2. The lowest BCUT2D eigenvalue weighted by molar-refractivity contribution is -0.173. The number of halogens is 4. The molecule has 8 heteroatoms. The summed E-state index contributed by atoms with van der Waals surface area (Å²) in [5, 5.41) is 7.21. The molecule has 0 bridgehead atoms. The van der Waals surface area contributed by atoms with Crippen molar-refractivity contribution in [1.82, 2.24) is 9.78 Å². The van der Waals surface area contributed by atoms with Crippen molar-refractivity contribution in [3.8, 4) is 0 Å². The lowest BCUT2D eigenvalue weighted by Crippen LogP contribution is -2.36. The Morgan fingerprint density at radius 3 is 2.32 bits per heavy atom. The number of rotatable bonds is 7. The van der Waals surface area contributed by atoms with Gasteiger partial charge in [0.05, 0.1) is 17.8 Å². The molecule has 1 aliphatic rings. The van der Waals surface area contributed by atoms with Crippen molar-refractivity contribution in [1.29, 1.82) is 0 Å². The number of carbonyl (C=O) groups excluding carboxylic acids is 1. The maximum absolute atomic E-state index is 14.0. The number of Topliss-reactive ketones (excluding diaryl/α,β-unsaturated/α-hetero) is 1. The third-order valence-electron chi connectivity index (χ3n) is 7.05. The van der Waals surface area contributed by atoms with Gasteiger partial charge in [-0.2, -0.15) is 18.3 Å². The molecule has 1 aromatic heterocycles. The van der Waals surface area contributed by atoms with Gasteiger partial charge in [-0.3, -0.25) is 4.79 Å². The second-order valence-electron chi connectivity index (χ2n) is 8.85. The van der Waals surface area contributed by atoms with Crippen LogP contribution < -0.4 is 5.32 Å². The molecule has 0 saturated carbocycles. The Kier molecular flexibility index (Phi) is 6.90. The minimum Gasteiger partial charge on any atom is -0.363 e. The molecule has 4 nitrogen and oxygen atoms in total. The number of nitrogens with zero attached hydrogens (tertiary/aromatic N) is 2. The first-order valence-electron chi connectivity index (χ1n) is 11.4. The van der Waals surface area contributed by atoms with Crippen LogP contribution in [0, 0.1) is 0 Å². The van der Waals surface area contributed by atoms with Crippen LogP contribution in [0.5, 0.6) is 0 Å². The molecule has 4 rings (SSSR count). The summed E-state index contributed by atoms with van der Waals surface area (Å²) < 4.78 is 43.8. The van der Waals surface area contributed by atoms with Gasteiger partial charge in [-0.1, -0.05) is 72.2 Å². The standard InChI is InChI=1S/C26H27BrF3N3O/c1-3-25(4-2,18-10-12-19(27)13-11-18)15-22(34)20-16-31-33-23(26(28,29)30)14-21(32-24(20)33)17-8-6-5-7-9-17/h5-13,16,21,23,32H,3-4,14-15H2,1-2H3. The van der Waals surface area contributed by atoms with Crippen LogP contribution in [0.3, 0.4) is 0 Å². The molecule has 2 atom stereocenters. The number of benzene rings is 2. The Morgan fingerprint density at radius 2 is 1.74 bits per heavy atom. The number of anilines is 1. The molecule has 0 fully saturated rings. The summed E-state index contributed by atoms with van der Waals surface area (Å²) in [6.07, 6.45) is -1.74. The molecule has 3 aromatic rings. The predicted octanol–water partition coefficient (Wildman–Crippen LogP) is 7.64. The smallest absolute Gasteiger partial charge is 0.363 e. The van der Waals surface area contributed by atoms with Gasteiger partial charge < -0.3 is 5.32 Å². The number of hydrogen-bond acceptors (Lipinski definition) is 3. The number of fused-ring (bicyclic) bond motifs is 1. The van der Waals surface area contributed by atoms with Gasteiger partial charge in [0, 0.05) is 22.7 Å². The Labute approximate surface area is 205 Å². The fourth-order valence-electron chi connectivity index (χ4n) is 4.89. The first kappa shape index (κ1) is 24.5. The van der Waals surface area contributed by atoms with Gasteiger partial charge >= 0.3 is 6.18 Å². The number of nitrogens with one attached hydrogen (secondary N) is 1. The zero-order valence-electron chi connectivity index (χ0n) is 19.1. The van der Waals surface area contributed by atoms with Crippen LogP contribution >= 0.6 is 15.9 Å². The maximum atomic E-state index is 14.0. The van der Waals surface area contributed by atoms with E-state index in [-0.39, 0.29) is 30.0 Å². The number of hydrogen-bond donors (Lipinski definition) is 1. The lowest BCUT2D eigenvalue weighted by atomic mass is 9.71. The Morgan fingerprint density at radius 1 is 1.09 bits per heavy atom. The molecule has 0 aliphatic carbocycles. The summed E-state index contributed by atoms with van der Waals surface area (Å²) in [7, 11) is 0. The topological polar surface area (TPSA) is 46.9 Å². The Bertz CT molecular complexity index is 1140. The van der Waals surface area contributed by atoms with Gasteiger partial charge in [-0.25, -0.2) is 4.68 Å². The largest absolute Gasteiger partial charge is 0.410 e. The predicted molar refractivity (Wildman–Crippen MR) is 130 cm³/mol. The molecule has 0 spiro atoms. The highest BCUT2D eigenvalue weighted by molar-refractivity contribution is 9.10. The molecule has 1 N–H and O–H groups in total. The summed E-state index contributed by atoms with van der Waals surface area (Å²) in [4.78, 5) is 13.6. The summed E-state index contributed by atoms with van der Waals surface area (Å²) >= 11 is 3.45. The van der Waals surface area contributed by atoms with E-state index in [1.807, 2.05) is 44.2 Å². The van der Waals surface area contributed by atoms with E-state index in [0.29, 0.717) is 0 Å². The van der Waals surface area contributed by atoms with Crippen LogP contribution in [0.2, 0.25) is 0 Å². The van der Waals surface area contributed by atoms with Crippen molar-refractivity contribution in [2.24, 2.45) is 0 Å². The van der Waals surface area contributed by atoms with E-state index < -0.39 is 23.7 Å². The number of carbonyl (C=O) groups is 1. The molecule has 0 amide bonds. The monoisotopic (exact) mass is 533 g/mol. The van der Waals surface area contributed by atoms with Crippen molar-refractivity contribution in [3.63, 3.8) is 0 Å². The molecule has 0 saturated heterocycles. The molecule has 0 radical (unpaired) electrons. The summed E-state index contributed by atoms with van der Waals surface area (Å²) in [6.45, 7) is 4.07. The lowest BCUT2D eigenvalue weighted by Gasteiger charge is -2.35. The van der Waals surface area contributed by atoms with Crippen LogP contribution in [0.1, 0.15) is 73.1 Å². The zero-order chi connectivity index (χ0) is 24.5.